The van der Waals surface area contributed by atoms with E-state index in [2.05, 4.69) is 5.32 Å². The van der Waals surface area contributed by atoms with Crippen LogP contribution >= 0.6 is 0 Å². The van der Waals surface area contributed by atoms with Gasteiger partial charge in [0, 0.05) is 6.42 Å². The van der Waals surface area contributed by atoms with Gasteiger partial charge in [0.2, 0.25) is 5.91 Å². The monoisotopic (exact) mass is 410 g/mol. The first-order valence-electron chi connectivity index (χ1n) is 9.81. The number of methoxy groups -OCH3 is 1. The minimum absolute atomic E-state index is 0.110. The van der Waals surface area contributed by atoms with E-state index in [0.717, 1.165) is 5.56 Å². The van der Waals surface area contributed by atoms with Gasteiger partial charge in [-0.15, -0.1) is 0 Å². The normalized spacial score (nSPS) is 15.6. The maximum absolute atomic E-state index is 13.2. The predicted molar refractivity (Wildman–Crippen MR) is 114 cm³/mol. The Bertz CT molecular complexity index is 970. The fourth-order valence-electron chi connectivity index (χ4n) is 3.48. The van der Waals surface area contributed by atoms with E-state index in [1.807, 2.05) is 24.3 Å². The van der Waals surface area contributed by atoms with Crippen molar-refractivity contribution in [2.45, 2.75) is 45.3 Å². The van der Waals surface area contributed by atoms with E-state index in [1.165, 1.54) is 11.8 Å². The Morgan fingerprint density at radius 2 is 1.77 bits per heavy atom. The second kappa shape index (κ2) is 8.57. The van der Waals surface area contributed by atoms with Crippen LogP contribution in [0, 0.1) is 0 Å². The maximum Gasteiger partial charge on any atom is 0.306 e. The summed E-state index contributed by atoms with van der Waals surface area (Å²) in [6.45, 7) is 4.84. The number of fused-ring (bicyclic) bond motifs is 1. The first kappa shape index (κ1) is 21.4. The number of hydrogen-bond acceptors (Lipinski definition) is 5. The third-order valence-electron chi connectivity index (χ3n) is 5.18. The topological polar surface area (TPSA) is 84.9 Å². The summed E-state index contributed by atoms with van der Waals surface area (Å²) in [6, 6.07) is 14.5. The first-order valence-corrected chi connectivity index (χ1v) is 9.81. The molecule has 158 valence electrons. The second-order valence-corrected chi connectivity index (χ2v) is 7.65. The number of amides is 2. The number of para-hydroxylation sites is 3. The highest BCUT2D eigenvalue weighted by Gasteiger charge is 2.45. The van der Waals surface area contributed by atoms with Crippen molar-refractivity contribution < 1.29 is 23.9 Å². The van der Waals surface area contributed by atoms with Gasteiger partial charge in [-0.25, -0.2) is 0 Å². The summed E-state index contributed by atoms with van der Waals surface area (Å²) in [6.07, 6.45) is -0.490. The van der Waals surface area contributed by atoms with Crippen molar-refractivity contribution in [3.8, 4) is 5.75 Å². The van der Waals surface area contributed by atoms with Crippen LogP contribution in [0.15, 0.2) is 48.5 Å². The molecule has 0 aromatic heterocycles. The number of aryl methyl sites for hydroxylation is 1. The molecule has 3 rings (SSSR count). The van der Waals surface area contributed by atoms with Crippen LogP contribution in [0.3, 0.4) is 0 Å². The lowest BCUT2D eigenvalue weighted by atomic mass is 9.95. The lowest BCUT2D eigenvalue weighted by molar-refractivity contribution is -0.154. The number of nitrogens with zero attached hydrogens (tertiary/aromatic N) is 1. The van der Waals surface area contributed by atoms with E-state index in [9.17, 15) is 14.4 Å². The van der Waals surface area contributed by atoms with E-state index in [4.69, 9.17) is 9.47 Å². The summed E-state index contributed by atoms with van der Waals surface area (Å²) < 4.78 is 10.7. The van der Waals surface area contributed by atoms with Crippen LogP contribution in [0.4, 0.5) is 11.4 Å². The highest BCUT2D eigenvalue weighted by molar-refractivity contribution is 6.15. The Labute approximate surface area is 176 Å². The van der Waals surface area contributed by atoms with Gasteiger partial charge in [-0.2, -0.15) is 0 Å². The Balaban J connectivity index is 1.70. The molecule has 1 aliphatic rings. The van der Waals surface area contributed by atoms with E-state index in [0.29, 0.717) is 23.5 Å². The Morgan fingerprint density at radius 3 is 2.50 bits per heavy atom. The van der Waals surface area contributed by atoms with Gasteiger partial charge in [-0.05, 0) is 51.0 Å². The standard InChI is InChI=1S/C23H26N2O5/c1-15(30-20(26)14-13-16-9-5-8-12-19(16)29-4)21(27)25-18-11-7-6-10-17(18)24-22(28)23(25,2)3/h5-12,15H,13-14H2,1-4H3,(H,24,28)/t15-/m1/s1. The molecule has 1 heterocycles. The molecule has 0 saturated carbocycles. The van der Waals surface area contributed by atoms with Gasteiger partial charge in [-0.1, -0.05) is 30.3 Å². The molecule has 0 unspecified atom stereocenters. The third-order valence-corrected chi connectivity index (χ3v) is 5.18. The second-order valence-electron chi connectivity index (χ2n) is 7.65. The van der Waals surface area contributed by atoms with E-state index in [1.54, 1.807) is 45.2 Å². The van der Waals surface area contributed by atoms with E-state index >= 15 is 0 Å². The molecule has 1 atom stereocenters. The molecule has 7 heteroatoms. The molecule has 0 saturated heterocycles. The van der Waals surface area contributed by atoms with Gasteiger partial charge >= 0.3 is 5.97 Å². The number of benzene rings is 2. The van der Waals surface area contributed by atoms with Crippen LogP contribution in [0.2, 0.25) is 0 Å². The zero-order chi connectivity index (χ0) is 21.9. The first-order chi connectivity index (χ1) is 14.3. The summed E-state index contributed by atoms with van der Waals surface area (Å²) in [5.74, 6) is -0.543. The number of anilines is 2. The average molecular weight is 410 g/mol. The molecule has 2 amide bonds. The smallest absolute Gasteiger partial charge is 0.306 e. The number of ether oxygens (including phenoxy) is 2. The van der Waals surface area contributed by atoms with Crippen LogP contribution in [0.25, 0.3) is 0 Å². The van der Waals surface area contributed by atoms with E-state index < -0.39 is 23.5 Å². The molecule has 1 aliphatic heterocycles. The molecular weight excluding hydrogens is 384 g/mol. The molecule has 0 bridgehead atoms. The molecule has 30 heavy (non-hydrogen) atoms. The Morgan fingerprint density at radius 1 is 1.10 bits per heavy atom. The quantitative estimate of drug-likeness (QED) is 0.739. The number of carbonyl (C=O) groups excluding carboxylic acids is 3. The SMILES string of the molecule is COc1ccccc1CCC(=O)O[C@H](C)C(=O)N1c2ccccc2NC(=O)C1(C)C. The summed E-state index contributed by atoms with van der Waals surface area (Å²) in [5, 5.41) is 2.81. The van der Waals surface area contributed by atoms with Crippen LogP contribution in [0.5, 0.6) is 5.75 Å². The van der Waals surface area contributed by atoms with Gasteiger partial charge in [-0.3, -0.25) is 19.3 Å². The van der Waals surface area contributed by atoms with Crippen molar-refractivity contribution in [1.82, 2.24) is 0 Å². The zero-order valence-electron chi connectivity index (χ0n) is 17.6. The molecule has 0 fully saturated rings. The van der Waals surface area contributed by atoms with Crippen molar-refractivity contribution in [3.63, 3.8) is 0 Å². The van der Waals surface area contributed by atoms with Gasteiger partial charge in [0.15, 0.2) is 6.10 Å². The van der Waals surface area contributed by atoms with Crippen LogP contribution in [0.1, 0.15) is 32.8 Å². The summed E-state index contributed by atoms with van der Waals surface area (Å²) in [4.78, 5) is 39.5. The minimum Gasteiger partial charge on any atom is -0.496 e. The number of nitrogens with one attached hydrogen (secondary N) is 1. The van der Waals surface area contributed by atoms with E-state index in [-0.39, 0.29) is 12.3 Å². The summed E-state index contributed by atoms with van der Waals surface area (Å²) in [7, 11) is 1.58. The third kappa shape index (κ3) is 4.15. The van der Waals surface area contributed by atoms with Gasteiger partial charge in [0.05, 0.1) is 18.5 Å². The molecule has 0 radical (unpaired) electrons. The lowest BCUT2D eigenvalue weighted by Gasteiger charge is -2.42. The molecule has 0 aliphatic carbocycles. The number of carbonyl (C=O) groups is 3. The van der Waals surface area contributed by atoms with Gasteiger partial charge in [0.25, 0.3) is 5.91 Å². The number of rotatable bonds is 6. The fraction of sp³-hybridized carbons (Fsp3) is 0.348. The zero-order valence-corrected chi connectivity index (χ0v) is 17.6. The van der Waals surface area contributed by atoms with Crippen molar-refractivity contribution in [1.29, 1.82) is 0 Å². The lowest BCUT2D eigenvalue weighted by Crippen LogP contribution is -2.60. The largest absolute Gasteiger partial charge is 0.496 e. The van der Waals surface area contributed by atoms with Crippen molar-refractivity contribution >= 4 is 29.2 Å². The Kier molecular flexibility index (Phi) is 6.10. The number of hydrogen-bond donors (Lipinski definition) is 1. The molecule has 0 spiro atoms. The maximum atomic E-state index is 13.2. The van der Waals surface area contributed by atoms with Crippen molar-refractivity contribution in [3.05, 3.63) is 54.1 Å². The highest BCUT2D eigenvalue weighted by Crippen LogP contribution is 2.37. The van der Waals surface area contributed by atoms with Gasteiger partial charge in [0.1, 0.15) is 11.3 Å². The predicted octanol–water partition coefficient (Wildman–Crippen LogP) is 3.32. The van der Waals surface area contributed by atoms with Crippen LogP contribution in [-0.2, 0) is 25.5 Å². The summed E-state index contributed by atoms with van der Waals surface area (Å²) >= 11 is 0. The molecule has 2 aromatic carbocycles. The van der Waals surface area contributed by atoms with Gasteiger partial charge < -0.3 is 14.8 Å². The molecule has 2 aromatic rings. The average Bonchev–Trinajstić information content (AvgIpc) is 2.72. The van der Waals surface area contributed by atoms with Crippen molar-refractivity contribution in [2.75, 3.05) is 17.3 Å². The molecular formula is C23H26N2O5. The number of esters is 1. The van der Waals surface area contributed by atoms with Crippen LogP contribution in [-0.4, -0.2) is 36.5 Å². The molecule has 1 N–H and O–H groups in total. The highest BCUT2D eigenvalue weighted by atomic mass is 16.5. The molecule has 7 nitrogen and oxygen atoms in total. The summed E-state index contributed by atoms with van der Waals surface area (Å²) in [5.41, 5.74) is 0.886. The van der Waals surface area contributed by atoms with Crippen molar-refractivity contribution in [2.24, 2.45) is 0 Å². The Hall–Kier alpha value is -3.35. The fourth-order valence-corrected chi connectivity index (χ4v) is 3.48. The van der Waals surface area contributed by atoms with Crippen LogP contribution < -0.4 is 15.0 Å². The minimum atomic E-state index is -1.12.